The third kappa shape index (κ3) is 1.72. The molecule has 4 nitrogen and oxygen atoms in total. The SMILES string of the molecule is COC(=O)c1cc(F)c2nc(Br)oc2c1. The molecule has 1 heterocycles. The summed E-state index contributed by atoms with van der Waals surface area (Å²) in [5.74, 6) is -1.24. The highest BCUT2D eigenvalue weighted by Crippen LogP contribution is 2.23. The molecule has 0 unspecified atom stereocenters. The molecule has 15 heavy (non-hydrogen) atoms. The minimum Gasteiger partial charge on any atom is -0.465 e. The lowest BCUT2D eigenvalue weighted by atomic mass is 10.2. The van der Waals surface area contributed by atoms with Crippen LogP contribution in [-0.4, -0.2) is 18.1 Å². The molecule has 0 aliphatic rings. The van der Waals surface area contributed by atoms with E-state index in [4.69, 9.17) is 4.42 Å². The molecule has 78 valence electrons. The Morgan fingerprint density at radius 3 is 3.00 bits per heavy atom. The van der Waals surface area contributed by atoms with E-state index in [0.717, 1.165) is 6.07 Å². The molecule has 2 aromatic rings. The quantitative estimate of drug-likeness (QED) is 0.750. The second kappa shape index (κ2) is 3.62. The standard InChI is InChI=1S/C9H5BrFNO3/c1-14-8(13)4-2-5(11)7-6(3-4)15-9(10)12-7/h2-3H,1H3. The molecular formula is C9H5BrFNO3. The lowest BCUT2D eigenvalue weighted by molar-refractivity contribution is 0.0600. The smallest absolute Gasteiger partial charge is 0.338 e. The summed E-state index contributed by atoms with van der Waals surface area (Å²) in [4.78, 5) is 15.1. The molecule has 1 aromatic heterocycles. The summed E-state index contributed by atoms with van der Waals surface area (Å²) < 4.78 is 22.9. The van der Waals surface area contributed by atoms with Gasteiger partial charge in [-0.05, 0) is 12.1 Å². The monoisotopic (exact) mass is 273 g/mol. The van der Waals surface area contributed by atoms with Crippen LogP contribution in [0.15, 0.2) is 21.3 Å². The first-order valence-electron chi connectivity index (χ1n) is 3.95. The van der Waals surface area contributed by atoms with E-state index in [0.29, 0.717) is 0 Å². The second-order valence-electron chi connectivity index (χ2n) is 2.76. The highest BCUT2D eigenvalue weighted by molar-refractivity contribution is 9.10. The zero-order chi connectivity index (χ0) is 11.0. The first kappa shape index (κ1) is 10.1. The van der Waals surface area contributed by atoms with Gasteiger partial charge in [0.05, 0.1) is 12.7 Å². The van der Waals surface area contributed by atoms with E-state index < -0.39 is 11.8 Å². The number of hydrogen-bond donors (Lipinski definition) is 0. The van der Waals surface area contributed by atoms with Crippen LogP contribution in [0.4, 0.5) is 4.39 Å². The molecule has 0 aliphatic carbocycles. The van der Waals surface area contributed by atoms with Gasteiger partial charge >= 0.3 is 5.97 Å². The van der Waals surface area contributed by atoms with E-state index in [1.165, 1.54) is 13.2 Å². The van der Waals surface area contributed by atoms with Crippen molar-refractivity contribution in [3.63, 3.8) is 0 Å². The van der Waals surface area contributed by atoms with E-state index in [9.17, 15) is 9.18 Å². The summed E-state index contributed by atoms with van der Waals surface area (Å²) in [5.41, 5.74) is 0.364. The normalized spacial score (nSPS) is 10.6. The Morgan fingerprint density at radius 1 is 1.60 bits per heavy atom. The number of carbonyl (C=O) groups excluding carboxylic acids is 1. The molecule has 2 rings (SSSR count). The summed E-state index contributed by atoms with van der Waals surface area (Å²) in [6.45, 7) is 0. The number of nitrogens with zero attached hydrogens (tertiary/aromatic N) is 1. The van der Waals surface area contributed by atoms with Gasteiger partial charge in [-0.25, -0.2) is 14.2 Å². The number of hydrogen-bond acceptors (Lipinski definition) is 4. The highest BCUT2D eigenvalue weighted by atomic mass is 79.9. The van der Waals surface area contributed by atoms with E-state index >= 15 is 0 Å². The van der Waals surface area contributed by atoms with Gasteiger partial charge in [0.2, 0.25) is 0 Å². The maximum atomic E-state index is 13.4. The molecule has 0 bridgehead atoms. The lowest BCUT2D eigenvalue weighted by Gasteiger charge is -1.98. The number of fused-ring (bicyclic) bond motifs is 1. The molecule has 0 aliphatic heterocycles. The van der Waals surface area contributed by atoms with Crippen molar-refractivity contribution in [2.45, 2.75) is 0 Å². The van der Waals surface area contributed by atoms with Crippen LogP contribution >= 0.6 is 15.9 Å². The number of benzene rings is 1. The number of carbonyl (C=O) groups is 1. The first-order chi connectivity index (χ1) is 7.11. The number of oxazole rings is 1. The van der Waals surface area contributed by atoms with Gasteiger partial charge in [-0.1, -0.05) is 0 Å². The van der Waals surface area contributed by atoms with Gasteiger partial charge in [-0.3, -0.25) is 0 Å². The van der Waals surface area contributed by atoms with E-state index in [-0.39, 0.29) is 21.5 Å². The van der Waals surface area contributed by atoms with Crippen LogP contribution in [0.25, 0.3) is 11.1 Å². The Morgan fingerprint density at radius 2 is 2.33 bits per heavy atom. The highest BCUT2D eigenvalue weighted by Gasteiger charge is 2.14. The maximum Gasteiger partial charge on any atom is 0.338 e. The lowest BCUT2D eigenvalue weighted by Crippen LogP contribution is -2.01. The number of methoxy groups -OCH3 is 1. The first-order valence-corrected chi connectivity index (χ1v) is 4.75. The van der Waals surface area contributed by atoms with Crippen LogP contribution in [-0.2, 0) is 4.74 Å². The molecule has 0 fully saturated rings. The van der Waals surface area contributed by atoms with Gasteiger partial charge in [0.1, 0.15) is 5.52 Å². The molecule has 0 spiro atoms. The van der Waals surface area contributed by atoms with Crippen LogP contribution in [0.2, 0.25) is 0 Å². The molecule has 0 radical (unpaired) electrons. The third-order valence-corrected chi connectivity index (χ3v) is 2.18. The summed E-state index contributed by atoms with van der Waals surface area (Å²) in [6, 6.07) is 2.44. The van der Waals surface area contributed by atoms with Gasteiger partial charge in [-0.2, -0.15) is 0 Å². The largest absolute Gasteiger partial charge is 0.465 e. The van der Waals surface area contributed by atoms with E-state index in [1.807, 2.05) is 0 Å². The van der Waals surface area contributed by atoms with Crippen LogP contribution in [0.5, 0.6) is 0 Å². The molecule has 0 saturated carbocycles. The van der Waals surface area contributed by atoms with Crippen molar-refractivity contribution in [1.29, 1.82) is 0 Å². The molecular weight excluding hydrogens is 269 g/mol. The van der Waals surface area contributed by atoms with Crippen molar-refractivity contribution < 1.29 is 18.3 Å². The van der Waals surface area contributed by atoms with E-state index in [2.05, 4.69) is 25.7 Å². The fourth-order valence-corrected chi connectivity index (χ4v) is 1.55. The molecule has 0 atom stereocenters. The average Bonchev–Trinajstić information content (AvgIpc) is 2.58. The van der Waals surface area contributed by atoms with Crippen LogP contribution in [0.3, 0.4) is 0 Å². The molecule has 6 heteroatoms. The molecule has 0 N–H and O–H groups in total. The van der Waals surface area contributed by atoms with Crippen molar-refractivity contribution in [2.75, 3.05) is 7.11 Å². The van der Waals surface area contributed by atoms with Crippen molar-refractivity contribution >= 4 is 33.0 Å². The third-order valence-electron chi connectivity index (χ3n) is 1.84. The minimum atomic E-state index is -0.623. The summed E-state index contributed by atoms with van der Waals surface area (Å²) in [5, 5.41) is 0. The van der Waals surface area contributed by atoms with Crippen molar-refractivity contribution in [3.8, 4) is 0 Å². The number of aromatic nitrogens is 1. The number of esters is 1. The Kier molecular flexibility index (Phi) is 2.44. The van der Waals surface area contributed by atoms with E-state index in [1.54, 1.807) is 0 Å². The van der Waals surface area contributed by atoms with Crippen LogP contribution in [0.1, 0.15) is 10.4 Å². The predicted octanol–water partition coefficient (Wildman–Crippen LogP) is 2.52. The number of ether oxygens (including phenoxy) is 1. The van der Waals surface area contributed by atoms with Crippen LogP contribution in [0, 0.1) is 5.82 Å². The average molecular weight is 274 g/mol. The number of rotatable bonds is 1. The fraction of sp³-hybridized carbons (Fsp3) is 0.111. The number of halogens is 2. The minimum absolute atomic E-state index is 0.0783. The Labute approximate surface area is 92.2 Å². The van der Waals surface area contributed by atoms with Crippen molar-refractivity contribution in [1.82, 2.24) is 4.98 Å². The summed E-state index contributed by atoms with van der Waals surface area (Å²) in [6.07, 6.45) is 0. The zero-order valence-electron chi connectivity index (χ0n) is 7.58. The Hall–Kier alpha value is -1.43. The van der Waals surface area contributed by atoms with Gasteiger partial charge in [0.25, 0.3) is 4.80 Å². The molecule has 1 aromatic carbocycles. The van der Waals surface area contributed by atoms with Gasteiger partial charge in [0.15, 0.2) is 11.4 Å². The van der Waals surface area contributed by atoms with Crippen molar-refractivity contribution in [3.05, 3.63) is 28.3 Å². The van der Waals surface area contributed by atoms with Gasteiger partial charge < -0.3 is 9.15 Å². The Bertz CT molecular complexity index is 537. The maximum absolute atomic E-state index is 13.4. The summed E-state index contributed by atoms with van der Waals surface area (Å²) in [7, 11) is 1.22. The molecule has 0 saturated heterocycles. The summed E-state index contributed by atoms with van der Waals surface area (Å²) >= 11 is 2.98. The van der Waals surface area contributed by atoms with Crippen LogP contribution < -0.4 is 0 Å². The zero-order valence-corrected chi connectivity index (χ0v) is 9.17. The van der Waals surface area contributed by atoms with Crippen molar-refractivity contribution in [2.24, 2.45) is 0 Å². The van der Waals surface area contributed by atoms with Gasteiger partial charge in [-0.15, -0.1) is 0 Å². The molecule has 0 amide bonds. The second-order valence-corrected chi connectivity index (χ2v) is 3.44. The van der Waals surface area contributed by atoms with Gasteiger partial charge in [0, 0.05) is 15.9 Å². The topological polar surface area (TPSA) is 52.3 Å². The Balaban J connectivity index is 2.66. The fourth-order valence-electron chi connectivity index (χ4n) is 1.20. The predicted molar refractivity (Wildman–Crippen MR) is 53.0 cm³/mol.